The molecule has 0 saturated heterocycles. The summed E-state index contributed by atoms with van der Waals surface area (Å²) >= 11 is 0. The quantitative estimate of drug-likeness (QED) is 0.421. The van der Waals surface area contributed by atoms with E-state index in [-0.39, 0.29) is 27.9 Å². The maximum absolute atomic E-state index is 15.0. The fourth-order valence-corrected chi connectivity index (χ4v) is 4.56. The number of carbonyl (C=O) groups excluding carboxylic acids is 1. The summed E-state index contributed by atoms with van der Waals surface area (Å²) in [4.78, 5) is 17.2. The van der Waals surface area contributed by atoms with E-state index in [0.717, 1.165) is 38.5 Å². The number of amides is 1. The SMILES string of the molecule is Cc1c(Oc2nnc(C(F)(F)F)c(C)c2C(=O)Nc2cccc(S(C)(=O)=O)c2)ncc(C2CCC2)c1F. The molecule has 4 rings (SSSR count). The monoisotopic (exact) mass is 538 g/mol. The molecule has 1 saturated carbocycles. The van der Waals surface area contributed by atoms with E-state index >= 15 is 0 Å². The van der Waals surface area contributed by atoms with Crippen LogP contribution in [0.25, 0.3) is 0 Å². The molecule has 2 heterocycles. The largest absolute Gasteiger partial charge is 0.435 e. The van der Waals surface area contributed by atoms with Crippen LogP contribution < -0.4 is 10.1 Å². The van der Waals surface area contributed by atoms with Gasteiger partial charge >= 0.3 is 6.18 Å². The van der Waals surface area contributed by atoms with Gasteiger partial charge in [-0.1, -0.05) is 12.5 Å². The third-order valence-electron chi connectivity index (χ3n) is 6.16. The van der Waals surface area contributed by atoms with Crippen LogP contribution in [0.1, 0.15) is 57.9 Å². The van der Waals surface area contributed by atoms with Gasteiger partial charge < -0.3 is 10.1 Å². The van der Waals surface area contributed by atoms with E-state index < -0.39 is 50.4 Å². The Balaban J connectivity index is 1.75. The number of alkyl halides is 3. The molecule has 37 heavy (non-hydrogen) atoms. The predicted octanol–water partition coefficient (Wildman–Crippen LogP) is 5.36. The molecule has 0 radical (unpaired) electrons. The number of nitrogens with one attached hydrogen (secondary N) is 1. The normalized spacial score (nSPS) is 14.2. The first-order valence-electron chi connectivity index (χ1n) is 11.2. The van der Waals surface area contributed by atoms with E-state index in [9.17, 15) is 30.8 Å². The van der Waals surface area contributed by atoms with Crippen LogP contribution >= 0.6 is 0 Å². The number of nitrogens with zero attached hydrogens (tertiary/aromatic N) is 3. The van der Waals surface area contributed by atoms with Crippen molar-refractivity contribution in [3.8, 4) is 11.8 Å². The van der Waals surface area contributed by atoms with E-state index in [0.29, 0.717) is 5.56 Å². The number of hydrogen-bond donors (Lipinski definition) is 1. The number of aromatic nitrogens is 3. The average Bonchev–Trinajstić information content (AvgIpc) is 2.76. The molecule has 1 aromatic carbocycles. The van der Waals surface area contributed by atoms with Crippen molar-refractivity contribution < 1.29 is 35.5 Å². The number of halogens is 4. The van der Waals surface area contributed by atoms with Gasteiger partial charge in [0.15, 0.2) is 15.5 Å². The van der Waals surface area contributed by atoms with Gasteiger partial charge in [0.2, 0.25) is 5.88 Å². The Bertz CT molecular complexity index is 1490. The molecule has 1 N–H and O–H groups in total. The second-order valence-electron chi connectivity index (χ2n) is 8.79. The van der Waals surface area contributed by atoms with Crippen LogP contribution in [0.4, 0.5) is 23.2 Å². The van der Waals surface area contributed by atoms with E-state index in [1.165, 1.54) is 31.3 Å². The third-order valence-corrected chi connectivity index (χ3v) is 7.27. The van der Waals surface area contributed by atoms with Crippen LogP contribution in [0.2, 0.25) is 0 Å². The first-order valence-corrected chi connectivity index (χ1v) is 13.0. The van der Waals surface area contributed by atoms with Gasteiger partial charge in [-0.25, -0.2) is 17.8 Å². The lowest BCUT2D eigenvalue weighted by Gasteiger charge is -2.26. The van der Waals surface area contributed by atoms with Gasteiger partial charge in [-0.3, -0.25) is 4.79 Å². The van der Waals surface area contributed by atoms with Crippen molar-refractivity contribution in [1.29, 1.82) is 0 Å². The number of ether oxygens (including phenoxy) is 1. The van der Waals surface area contributed by atoms with Crippen molar-refractivity contribution in [2.24, 2.45) is 0 Å². The van der Waals surface area contributed by atoms with Crippen molar-refractivity contribution in [3.63, 3.8) is 0 Å². The molecule has 0 bridgehead atoms. The molecule has 1 amide bonds. The number of sulfone groups is 1. The highest BCUT2D eigenvalue weighted by Crippen LogP contribution is 2.40. The Morgan fingerprint density at radius 3 is 2.41 bits per heavy atom. The Kier molecular flexibility index (Phi) is 6.93. The summed E-state index contributed by atoms with van der Waals surface area (Å²) in [6, 6.07) is 5.18. The van der Waals surface area contributed by atoms with Crippen molar-refractivity contribution >= 4 is 21.4 Å². The third kappa shape index (κ3) is 5.41. The molecule has 0 aliphatic heterocycles. The minimum Gasteiger partial charge on any atom is -0.418 e. The van der Waals surface area contributed by atoms with Crippen molar-refractivity contribution in [2.75, 3.05) is 11.6 Å². The highest BCUT2D eigenvalue weighted by atomic mass is 32.2. The maximum atomic E-state index is 15.0. The summed E-state index contributed by atoms with van der Waals surface area (Å²) in [5, 5.41) is 9.02. The van der Waals surface area contributed by atoms with Gasteiger partial charge in [0.1, 0.15) is 11.4 Å². The van der Waals surface area contributed by atoms with Crippen LogP contribution in [0.5, 0.6) is 11.8 Å². The van der Waals surface area contributed by atoms with Gasteiger partial charge in [0, 0.05) is 29.3 Å². The van der Waals surface area contributed by atoms with Crippen LogP contribution in [0.15, 0.2) is 35.4 Å². The molecule has 0 unspecified atom stereocenters. The molecule has 0 spiro atoms. The second-order valence-corrected chi connectivity index (χ2v) is 10.8. The number of pyridine rings is 1. The summed E-state index contributed by atoms with van der Waals surface area (Å²) in [7, 11) is -3.62. The van der Waals surface area contributed by atoms with Gasteiger partial charge in [-0.2, -0.15) is 13.2 Å². The first-order chi connectivity index (χ1) is 17.3. The summed E-state index contributed by atoms with van der Waals surface area (Å²) in [6.07, 6.45) is -0.0162. The maximum Gasteiger partial charge on any atom is 0.435 e. The number of anilines is 1. The fourth-order valence-electron chi connectivity index (χ4n) is 3.90. The Morgan fingerprint density at radius 2 is 1.81 bits per heavy atom. The van der Waals surface area contributed by atoms with Gasteiger partial charge in [0.05, 0.1) is 4.90 Å². The molecule has 0 atom stereocenters. The van der Waals surface area contributed by atoms with Gasteiger partial charge in [-0.05, 0) is 56.4 Å². The van der Waals surface area contributed by atoms with Crippen LogP contribution in [0.3, 0.4) is 0 Å². The molecule has 8 nitrogen and oxygen atoms in total. The minimum absolute atomic E-state index is 0.00819. The zero-order valence-electron chi connectivity index (χ0n) is 20.0. The molecule has 1 aliphatic rings. The Morgan fingerprint density at radius 1 is 1.11 bits per heavy atom. The smallest absolute Gasteiger partial charge is 0.418 e. The fraction of sp³-hybridized carbons (Fsp3) is 0.333. The molecule has 1 aliphatic carbocycles. The van der Waals surface area contributed by atoms with E-state index in [4.69, 9.17) is 4.74 Å². The summed E-state index contributed by atoms with van der Waals surface area (Å²) in [5.41, 5.74) is -2.17. The highest BCUT2D eigenvalue weighted by Gasteiger charge is 2.38. The lowest BCUT2D eigenvalue weighted by Crippen LogP contribution is -2.21. The summed E-state index contributed by atoms with van der Waals surface area (Å²) in [5.74, 6) is -2.47. The standard InChI is InChI=1S/C24H22F4N4O4S/c1-12-18(21(33)30-15-8-5-9-16(10-15)37(3,34)35)23(32-31-20(12)24(26,27)28)36-22-13(2)19(25)17(11-29-22)14-6-4-7-14/h5,8-11,14H,4,6-7H2,1-3H3,(H,30,33). The average molecular weight is 539 g/mol. The lowest BCUT2D eigenvalue weighted by molar-refractivity contribution is -0.142. The minimum atomic E-state index is -4.93. The van der Waals surface area contributed by atoms with Crippen LogP contribution in [-0.4, -0.2) is 35.8 Å². The summed E-state index contributed by atoms with van der Waals surface area (Å²) in [6.45, 7) is 2.42. The zero-order valence-corrected chi connectivity index (χ0v) is 20.8. The van der Waals surface area contributed by atoms with E-state index in [2.05, 4.69) is 20.5 Å². The topological polar surface area (TPSA) is 111 Å². The van der Waals surface area contributed by atoms with Gasteiger partial charge in [-0.15, -0.1) is 10.2 Å². The molecular formula is C24H22F4N4O4S. The van der Waals surface area contributed by atoms with Crippen molar-refractivity contribution in [3.05, 3.63) is 64.2 Å². The molecule has 1 fully saturated rings. The van der Waals surface area contributed by atoms with E-state index in [1.54, 1.807) is 0 Å². The van der Waals surface area contributed by atoms with Crippen LogP contribution in [-0.2, 0) is 16.0 Å². The van der Waals surface area contributed by atoms with Crippen molar-refractivity contribution in [1.82, 2.24) is 15.2 Å². The van der Waals surface area contributed by atoms with Crippen LogP contribution in [0, 0.1) is 19.7 Å². The Labute approximate surface area is 210 Å². The first kappa shape index (κ1) is 26.5. The molecule has 196 valence electrons. The number of rotatable bonds is 6. The summed E-state index contributed by atoms with van der Waals surface area (Å²) < 4.78 is 84.8. The van der Waals surface area contributed by atoms with Crippen molar-refractivity contribution in [2.45, 2.75) is 50.1 Å². The number of carbonyl (C=O) groups is 1. The second kappa shape index (κ2) is 9.69. The van der Waals surface area contributed by atoms with Gasteiger partial charge in [0.25, 0.3) is 11.8 Å². The van der Waals surface area contributed by atoms with E-state index in [1.807, 2.05) is 0 Å². The number of benzene rings is 1. The number of hydrogen-bond acceptors (Lipinski definition) is 7. The zero-order chi connectivity index (χ0) is 27.1. The molecule has 13 heteroatoms. The molecule has 3 aromatic rings. The highest BCUT2D eigenvalue weighted by molar-refractivity contribution is 7.90. The predicted molar refractivity (Wildman–Crippen MR) is 125 cm³/mol. The Hall–Kier alpha value is -3.61. The lowest BCUT2D eigenvalue weighted by atomic mass is 9.80. The molecule has 2 aromatic heterocycles. The molecular weight excluding hydrogens is 516 g/mol.